The summed E-state index contributed by atoms with van der Waals surface area (Å²) in [5, 5.41) is 16.7. The van der Waals surface area contributed by atoms with Crippen LogP contribution in [0.25, 0.3) is 0 Å². The van der Waals surface area contributed by atoms with E-state index in [0.717, 1.165) is 5.69 Å². The van der Waals surface area contributed by atoms with Crippen LogP contribution < -0.4 is 5.01 Å². The first-order valence-corrected chi connectivity index (χ1v) is 7.89. The molecule has 0 radical (unpaired) electrons. The van der Waals surface area contributed by atoms with Crippen LogP contribution in [-0.2, 0) is 9.53 Å². The summed E-state index contributed by atoms with van der Waals surface area (Å²) in [5.74, 6) is -0.332. The molecule has 118 valence electrons. The number of nitro groups is 1. The lowest BCUT2D eigenvalue weighted by atomic mass is 10.2. The summed E-state index contributed by atoms with van der Waals surface area (Å²) >= 11 is 1.17. The molecule has 0 aliphatic carbocycles. The van der Waals surface area contributed by atoms with E-state index in [4.69, 9.17) is 4.74 Å². The Morgan fingerprint density at radius 2 is 2.14 bits per heavy atom. The van der Waals surface area contributed by atoms with Gasteiger partial charge < -0.3 is 4.74 Å². The number of carbonyl (C=O) groups is 1. The minimum atomic E-state index is -0.945. The Bertz CT molecular complexity index is 579. The molecule has 0 unspecified atom stereocenters. The maximum Gasteiger partial charge on any atom is 0.315 e. The van der Waals surface area contributed by atoms with Crippen LogP contribution in [0.3, 0.4) is 0 Å². The number of hydrogen-bond donors (Lipinski definition) is 0. The van der Waals surface area contributed by atoms with Crippen LogP contribution in [-0.4, -0.2) is 40.4 Å². The number of rotatable bonds is 6. The molecule has 1 aromatic carbocycles. The Hall–Kier alpha value is -2.09. The number of ether oxygens (including phenoxy) is 1. The van der Waals surface area contributed by atoms with Gasteiger partial charge in [0.05, 0.1) is 18.0 Å². The summed E-state index contributed by atoms with van der Waals surface area (Å²) in [6.45, 7) is 3.65. The smallest absolute Gasteiger partial charge is 0.315 e. The van der Waals surface area contributed by atoms with E-state index in [1.165, 1.54) is 11.8 Å². The maximum absolute atomic E-state index is 11.5. The van der Waals surface area contributed by atoms with Gasteiger partial charge in [-0.2, -0.15) is 5.10 Å². The molecular weight excluding hydrogens is 306 g/mol. The Morgan fingerprint density at radius 1 is 1.45 bits per heavy atom. The molecule has 1 aliphatic heterocycles. The number of hydrazone groups is 1. The first-order chi connectivity index (χ1) is 10.5. The Morgan fingerprint density at radius 3 is 2.73 bits per heavy atom. The molecule has 7 nitrogen and oxygen atoms in total. The van der Waals surface area contributed by atoms with Crippen molar-refractivity contribution in [3.63, 3.8) is 0 Å². The largest absolute Gasteiger partial charge is 0.465 e. The first kappa shape index (κ1) is 16.3. The van der Waals surface area contributed by atoms with E-state index in [1.54, 1.807) is 18.9 Å². The molecule has 1 aromatic rings. The van der Waals surface area contributed by atoms with Gasteiger partial charge in [0.1, 0.15) is 5.71 Å². The number of benzene rings is 1. The molecule has 0 bridgehead atoms. The van der Waals surface area contributed by atoms with Crippen molar-refractivity contribution >= 4 is 29.1 Å². The van der Waals surface area contributed by atoms with Crippen molar-refractivity contribution in [3.8, 4) is 0 Å². The molecule has 0 amide bonds. The average molecular weight is 323 g/mol. The van der Waals surface area contributed by atoms with Crippen LogP contribution in [0.15, 0.2) is 35.4 Å². The van der Waals surface area contributed by atoms with E-state index >= 15 is 0 Å². The van der Waals surface area contributed by atoms with Gasteiger partial charge in [0, 0.05) is 4.92 Å². The molecule has 8 heteroatoms. The second kappa shape index (κ2) is 7.26. The number of thioether (sulfide) groups is 1. The number of hydrogen-bond acceptors (Lipinski definition) is 7. The average Bonchev–Trinajstić information content (AvgIpc) is 2.83. The zero-order chi connectivity index (χ0) is 16.1. The molecular formula is C14H17N3O4S. The molecule has 0 saturated heterocycles. The molecule has 1 heterocycles. The van der Waals surface area contributed by atoms with Crippen LogP contribution >= 0.6 is 11.8 Å². The standard InChI is InChI=1S/C14H17N3O4S/c1-3-21-12(18)9-22-14-13(17(19)20)10(2)15-16(14)11-7-5-4-6-8-11/h4-8,13-14H,3,9H2,1-2H3/t13-,14+/m0/s1. The lowest BCUT2D eigenvalue weighted by molar-refractivity contribution is -0.500. The van der Waals surface area contributed by atoms with Crippen LogP contribution in [0.2, 0.25) is 0 Å². The zero-order valence-electron chi connectivity index (χ0n) is 12.3. The van der Waals surface area contributed by atoms with Crippen molar-refractivity contribution in [1.82, 2.24) is 0 Å². The van der Waals surface area contributed by atoms with Crippen molar-refractivity contribution in [1.29, 1.82) is 0 Å². The highest BCUT2D eigenvalue weighted by atomic mass is 32.2. The molecule has 0 fully saturated rings. The highest BCUT2D eigenvalue weighted by molar-refractivity contribution is 8.00. The Kier molecular flexibility index (Phi) is 5.37. The summed E-state index contributed by atoms with van der Waals surface area (Å²) < 4.78 is 4.88. The second-order valence-corrected chi connectivity index (χ2v) is 5.76. The van der Waals surface area contributed by atoms with Gasteiger partial charge in [-0.25, -0.2) is 5.01 Å². The van der Waals surface area contributed by atoms with E-state index in [2.05, 4.69) is 5.10 Å². The molecule has 1 aliphatic rings. The minimum Gasteiger partial charge on any atom is -0.465 e. The summed E-state index contributed by atoms with van der Waals surface area (Å²) in [5.41, 5.74) is 1.18. The SMILES string of the molecule is CCOC(=O)CS[C@@H]1[C@@H]([N+](=O)[O-])C(C)=NN1c1ccccc1. The van der Waals surface area contributed by atoms with Crippen LogP contribution in [0.4, 0.5) is 5.69 Å². The molecule has 0 spiro atoms. The zero-order valence-corrected chi connectivity index (χ0v) is 13.2. The highest BCUT2D eigenvalue weighted by Crippen LogP contribution is 2.32. The van der Waals surface area contributed by atoms with Crippen molar-refractivity contribution < 1.29 is 14.5 Å². The number of esters is 1. The summed E-state index contributed by atoms with van der Waals surface area (Å²) in [7, 11) is 0. The third-order valence-electron chi connectivity index (χ3n) is 3.13. The highest BCUT2D eigenvalue weighted by Gasteiger charge is 2.45. The predicted octanol–water partition coefficient (Wildman–Crippen LogP) is 2.15. The van der Waals surface area contributed by atoms with Gasteiger partial charge in [0.25, 0.3) is 6.04 Å². The fraction of sp³-hybridized carbons (Fsp3) is 0.429. The monoisotopic (exact) mass is 323 g/mol. The van der Waals surface area contributed by atoms with Crippen LogP contribution in [0, 0.1) is 10.1 Å². The third kappa shape index (κ3) is 3.56. The van der Waals surface area contributed by atoms with Gasteiger partial charge in [-0.1, -0.05) is 18.2 Å². The molecule has 22 heavy (non-hydrogen) atoms. The lowest BCUT2D eigenvalue weighted by Gasteiger charge is -2.23. The molecule has 0 aromatic heterocycles. The summed E-state index contributed by atoms with van der Waals surface area (Å²) in [6.07, 6.45) is 0. The van der Waals surface area contributed by atoms with E-state index in [1.807, 2.05) is 30.3 Å². The second-order valence-electron chi connectivity index (χ2n) is 4.66. The summed E-state index contributed by atoms with van der Waals surface area (Å²) in [4.78, 5) is 22.5. The minimum absolute atomic E-state index is 0.0506. The maximum atomic E-state index is 11.5. The third-order valence-corrected chi connectivity index (χ3v) is 4.33. The van der Waals surface area contributed by atoms with Crippen molar-refractivity contribution in [3.05, 3.63) is 40.4 Å². The molecule has 2 atom stereocenters. The van der Waals surface area contributed by atoms with Crippen molar-refractivity contribution in [2.24, 2.45) is 5.10 Å². The van der Waals surface area contributed by atoms with Crippen LogP contribution in [0.5, 0.6) is 0 Å². The van der Waals surface area contributed by atoms with Gasteiger partial charge in [-0.15, -0.1) is 11.8 Å². The van der Waals surface area contributed by atoms with Gasteiger partial charge in [-0.3, -0.25) is 14.9 Å². The molecule has 0 N–H and O–H groups in total. The molecule has 0 saturated carbocycles. The van der Waals surface area contributed by atoms with Gasteiger partial charge in [0.15, 0.2) is 5.37 Å². The first-order valence-electron chi connectivity index (χ1n) is 6.84. The number of para-hydroxylation sites is 1. The number of nitrogens with zero attached hydrogens (tertiary/aromatic N) is 3. The van der Waals surface area contributed by atoms with Crippen molar-refractivity contribution in [2.45, 2.75) is 25.3 Å². The van der Waals surface area contributed by atoms with Gasteiger partial charge in [-0.05, 0) is 26.0 Å². The quantitative estimate of drug-likeness (QED) is 0.453. The fourth-order valence-electron chi connectivity index (χ4n) is 2.19. The van der Waals surface area contributed by atoms with Crippen LogP contribution in [0.1, 0.15) is 13.8 Å². The van der Waals surface area contributed by atoms with E-state index in [0.29, 0.717) is 12.3 Å². The van der Waals surface area contributed by atoms with Gasteiger partial charge in [0.2, 0.25) is 0 Å². The van der Waals surface area contributed by atoms with Crippen molar-refractivity contribution in [2.75, 3.05) is 17.4 Å². The predicted molar refractivity (Wildman–Crippen MR) is 85.7 cm³/mol. The molecule has 2 rings (SSSR count). The van der Waals surface area contributed by atoms with E-state index in [9.17, 15) is 14.9 Å². The Labute approximate surface area is 132 Å². The normalized spacial score (nSPS) is 20.6. The topological polar surface area (TPSA) is 85.0 Å². The van der Waals surface area contributed by atoms with E-state index in [-0.39, 0.29) is 16.6 Å². The van der Waals surface area contributed by atoms with Gasteiger partial charge >= 0.3 is 5.97 Å². The number of carbonyl (C=O) groups excluding carboxylic acids is 1. The summed E-state index contributed by atoms with van der Waals surface area (Å²) in [6, 6.07) is 8.26. The lowest BCUT2D eigenvalue weighted by Crippen LogP contribution is -2.40. The number of anilines is 1. The fourth-order valence-corrected chi connectivity index (χ4v) is 3.36. The Balaban J connectivity index is 2.19. The van der Waals surface area contributed by atoms with E-state index < -0.39 is 11.4 Å².